The van der Waals surface area contributed by atoms with Crippen LogP contribution < -0.4 is 4.74 Å². The molecule has 2 bridgehead atoms. The standard InChI is InChI=1S/C27H27F7O4/c1-2-7-25-12-35-27(36-13-25,37-14-25)17-5-3-15(4-6-17)16-8-19(28)23(20(29)9-16)26(33,34)38-18-10-21(30)24(32)22(31)11-18/h8-11,15,17H,2-7,12-14H2,1H3. The van der Waals surface area contributed by atoms with Gasteiger partial charge >= 0.3 is 6.11 Å². The van der Waals surface area contributed by atoms with Gasteiger partial charge in [-0.05, 0) is 55.7 Å². The maximum Gasteiger partial charge on any atom is 0.432 e. The fourth-order valence-corrected chi connectivity index (χ4v) is 5.79. The molecular formula is C27H27F7O4. The topological polar surface area (TPSA) is 36.9 Å². The van der Waals surface area contributed by atoms with Crippen molar-refractivity contribution in [3.63, 3.8) is 0 Å². The van der Waals surface area contributed by atoms with Crippen molar-refractivity contribution in [2.45, 2.75) is 63.4 Å². The van der Waals surface area contributed by atoms with E-state index in [0.717, 1.165) is 25.0 Å². The average molecular weight is 548 g/mol. The molecule has 0 atom stereocenters. The van der Waals surface area contributed by atoms with Crippen LogP contribution in [-0.4, -0.2) is 25.8 Å². The normalized spacial score (nSPS) is 29.5. The van der Waals surface area contributed by atoms with Crippen LogP contribution in [0, 0.1) is 40.4 Å². The van der Waals surface area contributed by atoms with E-state index >= 15 is 0 Å². The SMILES string of the molecule is CCCC12COC(C3CCC(c4cc(F)c(C(F)(F)Oc5cc(F)c(F)c(F)c5)c(F)c4)CC3)(OC1)OC2. The average Bonchev–Trinajstić information content (AvgIpc) is 2.87. The van der Waals surface area contributed by atoms with Crippen LogP contribution in [0.15, 0.2) is 24.3 Å². The Bertz CT molecular complexity index is 1130. The molecule has 0 unspecified atom stereocenters. The summed E-state index contributed by atoms with van der Waals surface area (Å²) in [6.07, 6.45) is -0.536. The van der Waals surface area contributed by atoms with Crippen molar-refractivity contribution in [2.75, 3.05) is 19.8 Å². The molecule has 1 saturated carbocycles. The first-order valence-corrected chi connectivity index (χ1v) is 12.6. The molecule has 0 radical (unpaired) electrons. The summed E-state index contributed by atoms with van der Waals surface area (Å²) in [6.45, 7) is 3.73. The van der Waals surface area contributed by atoms with Gasteiger partial charge < -0.3 is 18.9 Å². The van der Waals surface area contributed by atoms with Crippen LogP contribution in [0.5, 0.6) is 5.75 Å². The number of benzene rings is 2. The van der Waals surface area contributed by atoms with E-state index in [0.29, 0.717) is 45.5 Å². The van der Waals surface area contributed by atoms with E-state index in [1.807, 2.05) is 0 Å². The van der Waals surface area contributed by atoms with Crippen LogP contribution in [0.1, 0.15) is 62.5 Å². The maximum absolute atomic E-state index is 14.8. The highest BCUT2D eigenvalue weighted by molar-refractivity contribution is 5.33. The summed E-state index contributed by atoms with van der Waals surface area (Å²) in [5.41, 5.74) is -1.64. The van der Waals surface area contributed by atoms with E-state index in [1.165, 1.54) is 0 Å². The van der Waals surface area contributed by atoms with Crippen LogP contribution in [-0.2, 0) is 20.3 Å². The number of ether oxygens (including phenoxy) is 4. The zero-order valence-electron chi connectivity index (χ0n) is 20.6. The quantitative estimate of drug-likeness (QED) is 0.269. The molecule has 3 heterocycles. The lowest BCUT2D eigenvalue weighted by atomic mass is 9.76. The molecule has 38 heavy (non-hydrogen) atoms. The smallest absolute Gasteiger partial charge is 0.429 e. The second-order valence-electron chi connectivity index (χ2n) is 10.4. The molecule has 4 fully saturated rings. The molecule has 2 aromatic rings. The molecule has 3 aliphatic heterocycles. The van der Waals surface area contributed by atoms with Gasteiger partial charge in [-0.2, -0.15) is 8.78 Å². The van der Waals surface area contributed by atoms with Gasteiger partial charge in [-0.15, -0.1) is 0 Å². The number of rotatable bonds is 7. The van der Waals surface area contributed by atoms with Gasteiger partial charge in [0, 0.05) is 23.5 Å². The minimum Gasteiger partial charge on any atom is -0.429 e. The van der Waals surface area contributed by atoms with Crippen LogP contribution in [0.25, 0.3) is 0 Å². The summed E-state index contributed by atoms with van der Waals surface area (Å²) >= 11 is 0. The molecule has 4 nitrogen and oxygen atoms in total. The van der Waals surface area contributed by atoms with Crippen molar-refractivity contribution in [1.29, 1.82) is 0 Å². The second kappa shape index (κ2) is 9.98. The Balaban J connectivity index is 1.27. The Morgan fingerprint density at radius 1 is 0.816 bits per heavy atom. The largest absolute Gasteiger partial charge is 0.432 e. The minimum absolute atomic E-state index is 0.0816. The third kappa shape index (κ3) is 4.88. The zero-order valence-corrected chi connectivity index (χ0v) is 20.6. The van der Waals surface area contributed by atoms with Gasteiger partial charge in [0.25, 0.3) is 5.97 Å². The Morgan fingerprint density at radius 2 is 1.34 bits per heavy atom. The molecule has 3 saturated heterocycles. The molecule has 0 amide bonds. The summed E-state index contributed by atoms with van der Waals surface area (Å²) < 4.78 is 121. The molecule has 11 heteroatoms. The number of hydrogen-bond donors (Lipinski definition) is 0. The Kier molecular flexibility index (Phi) is 7.15. The first kappa shape index (κ1) is 27.2. The summed E-state index contributed by atoms with van der Waals surface area (Å²) in [7, 11) is 0. The lowest BCUT2D eigenvalue weighted by molar-refractivity contribution is -0.488. The minimum atomic E-state index is -4.62. The van der Waals surface area contributed by atoms with Crippen LogP contribution in [0.4, 0.5) is 30.7 Å². The molecule has 0 N–H and O–H groups in total. The Hall–Kier alpha value is -2.37. The first-order chi connectivity index (χ1) is 18.0. The molecule has 2 aromatic carbocycles. The highest BCUT2D eigenvalue weighted by Crippen LogP contribution is 2.50. The van der Waals surface area contributed by atoms with Gasteiger partial charge in [-0.1, -0.05) is 13.3 Å². The van der Waals surface area contributed by atoms with Crippen LogP contribution in [0.3, 0.4) is 0 Å². The fourth-order valence-electron chi connectivity index (χ4n) is 5.79. The van der Waals surface area contributed by atoms with E-state index in [4.69, 9.17) is 14.2 Å². The van der Waals surface area contributed by atoms with Gasteiger partial charge in [0.2, 0.25) is 0 Å². The maximum atomic E-state index is 14.8. The molecule has 1 aliphatic carbocycles. The lowest BCUT2D eigenvalue weighted by Gasteiger charge is -2.55. The highest BCUT2D eigenvalue weighted by atomic mass is 19.3. The number of fused-ring (bicyclic) bond motifs is 3. The van der Waals surface area contributed by atoms with Crippen molar-refractivity contribution in [1.82, 2.24) is 0 Å². The van der Waals surface area contributed by atoms with Crippen molar-refractivity contribution >= 4 is 0 Å². The van der Waals surface area contributed by atoms with E-state index in [1.54, 1.807) is 0 Å². The third-order valence-corrected chi connectivity index (χ3v) is 7.78. The predicted octanol–water partition coefficient (Wildman–Crippen LogP) is 7.30. The summed E-state index contributed by atoms with van der Waals surface area (Å²) in [6, 6.07) is 1.95. The van der Waals surface area contributed by atoms with Crippen LogP contribution in [0.2, 0.25) is 0 Å². The predicted molar refractivity (Wildman–Crippen MR) is 120 cm³/mol. The van der Waals surface area contributed by atoms with Crippen molar-refractivity contribution < 1.29 is 49.7 Å². The Morgan fingerprint density at radius 3 is 1.84 bits per heavy atom. The molecule has 0 spiro atoms. The van der Waals surface area contributed by atoms with E-state index in [2.05, 4.69) is 11.7 Å². The van der Waals surface area contributed by atoms with E-state index in [9.17, 15) is 30.7 Å². The van der Waals surface area contributed by atoms with Crippen molar-refractivity contribution in [3.8, 4) is 5.75 Å². The molecule has 208 valence electrons. The van der Waals surface area contributed by atoms with Crippen LogP contribution >= 0.6 is 0 Å². The van der Waals surface area contributed by atoms with E-state index < -0.39 is 52.5 Å². The third-order valence-electron chi connectivity index (χ3n) is 7.78. The zero-order chi connectivity index (χ0) is 27.3. The van der Waals surface area contributed by atoms with E-state index in [-0.39, 0.29) is 34.9 Å². The van der Waals surface area contributed by atoms with Gasteiger partial charge in [0.15, 0.2) is 17.5 Å². The lowest BCUT2D eigenvalue weighted by Crippen LogP contribution is -2.63. The summed E-state index contributed by atoms with van der Waals surface area (Å²) in [4.78, 5) is 0. The fraction of sp³-hybridized carbons (Fsp3) is 0.556. The highest BCUT2D eigenvalue weighted by Gasteiger charge is 2.56. The van der Waals surface area contributed by atoms with Crippen molar-refractivity contribution in [2.24, 2.45) is 11.3 Å². The van der Waals surface area contributed by atoms with Gasteiger partial charge in [0.05, 0.1) is 19.8 Å². The number of alkyl halides is 2. The summed E-state index contributed by atoms with van der Waals surface area (Å²) in [5, 5.41) is 0. The molecular weight excluding hydrogens is 521 g/mol. The number of halogens is 7. The Labute approximate surface area is 215 Å². The second-order valence-corrected chi connectivity index (χ2v) is 10.4. The van der Waals surface area contributed by atoms with Crippen molar-refractivity contribution in [3.05, 3.63) is 64.5 Å². The van der Waals surface area contributed by atoms with Gasteiger partial charge in [-0.25, -0.2) is 22.0 Å². The van der Waals surface area contributed by atoms with Gasteiger partial charge in [0.1, 0.15) is 22.9 Å². The summed E-state index contributed by atoms with van der Waals surface area (Å²) in [5.74, 6) is -11.3. The monoisotopic (exact) mass is 548 g/mol. The molecule has 4 aliphatic rings. The van der Waals surface area contributed by atoms with Gasteiger partial charge in [-0.3, -0.25) is 0 Å². The molecule has 0 aromatic heterocycles. The number of hydrogen-bond acceptors (Lipinski definition) is 4. The molecule has 6 rings (SSSR count). The first-order valence-electron chi connectivity index (χ1n) is 12.6.